The molecule has 31 heavy (non-hydrogen) atoms. The molecule has 166 valence electrons. The first-order chi connectivity index (χ1) is 15.2. The molecule has 7 heteroatoms. The van der Waals surface area contributed by atoms with Crippen LogP contribution in [-0.4, -0.2) is 49.1 Å². The lowest BCUT2D eigenvalue weighted by atomic mass is 9.84. The average Bonchev–Trinajstić information content (AvgIpc) is 3.48. The summed E-state index contributed by atoms with van der Waals surface area (Å²) < 4.78 is 6.34. The number of hydrogen-bond acceptors (Lipinski definition) is 6. The van der Waals surface area contributed by atoms with Crippen molar-refractivity contribution in [2.24, 2.45) is 11.8 Å². The van der Waals surface area contributed by atoms with Gasteiger partial charge in [0.05, 0.1) is 12.2 Å². The van der Waals surface area contributed by atoms with E-state index in [2.05, 4.69) is 38.8 Å². The van der Waals surface area contributed by atoms with E-state index in [0.29, 0.717) is 24.6 Å². The van der Waals surface area contributed by atoms with E-state index in [0.717, 1.165) is 24.2 Å². The highest BCUT2D eigenvalue weighted by atomic mass is 16.5. The second-order valence-corrected chi connectivity index (χ2v) is 9.42. The predicted octanol–water partition coefficient (Wildman–Crippen LogP) is 3.10. The number of hydrogen-bond donors (Lipinski definition) is 3. The summed E-state index contributed by atoms with van der Waals surface area (Å²) in [5, 5.41) is 35.5. The van der Waals surface area contributed by atoms with E-state index >= 15 is 0 Å². The van der Waals surface area contributed by atoms with Gasteiger partial charge in [0.1, 0.15) is 11.9 Å². The third-order valence-electron chi connectivity index (χ3n) is 7.35. The van der Waals surface area contributed by atoms with Gasteiger partial charge in [0, 0.05) is 30.2 Å². The molecule has 0 spiro atoms. The van der Waals surface area contributed by atoms with Crippen LogP contribution in [-0.2, 0) is 12.8 Å². The predicted molar refractivity (Wildman–Crippen MR) is 116 cm³/mol. The Balaban J connectivity index is 1.28. The van der Waals surface area contributed by atoms with Crippen molar-refractivity contribution in [2.75, 3.05) is 0 Å². The molecule has 0 radical (unpaired) electrons. The first-order valence-electron chi connectivity index (χ1n) is 11.7. The molecular formula is C24H32N4O3. The summed E-state index contributed by atoms with van der Waals surface area (Å²) in [7, 11) is 0. The van der Waals surface area contributed by atoms with Crippen LogP contribution in [0.25, 0.3) is 0 Å². The lowest BCUT2D eigenvalue weighted by Crippen LogP contribution is -2.18. The molecule has 2 saturated carbocycles. The second-order valence-electron chi connectivity index (χ2n) is 9.42. The van der Waals surface area contributed by atoms with Gasteiger partial charge < -0.3 is 14.9 Å². The molecule has 2 aromatic rings. The van der Waals surface area contributed by atoms with Crippen molar-refractivity contribution in [3.8, 4) is 5.75 Å². The Hall–Kier alpha value is -2.25. The number of fused-ring (bicyclic) bond motifs is 3. The van der Waals surface area contributed by atoms with Crippen LogP contribution in [0.1, 0.15) is 67.8 Å². The van der Waals surface area contributed by atoms with Crippen LogP contribution in [0.3, 0.4) is 0 Å². The molecule has 0 unspecified atom stereocenters. The van der Waals surface area contributed by atoms with Gasteiger partial charge in [-0.15, -0.1) is 10.2 Å². The number of aromatic amines is 1. The fraction of sp³-hybridized carbons (Fsp3) is 0.625. The maximum Gasteiger partial charge on any atom is 0.174 e. The molecule has 5 atom stereocenters. The first-order valence-corrected chi connectivity index (χ1v) is 11.7. The van der Waals surface area contributed by atoms with Crippen molar-refractivity contribution >= 4 is 0 Å². The van der Waals surface area contributed by atoms with Gasteiger partial charge in [0.25, 0.3) is 0 Å². The molecule has 1 aromatic heterocycles. The standard InChI is InChI=1S/C24H32N4O3/c29-17(13-15-5-2-1-3-6-15)10-11-18-20(30)14-21-23(18)19-8-4-7-16(24(19)31-21)9-12-22-25-27-28-26-22/h4,7-8,10-11,15,17-18,20-21,23,29-30H,1-3,5-6,9,12-14H2,(H,25,26,27,28)/b11-10+/t17-,18+,20-,21+,23+/m1/s1. The Labute approximate surface area is 182 Å². The van der Waals surface area contributed by atoms with Crippen LogP contribution >= 0.6 is 0 Å². The molecule has 7 nitrogen and oxygen atoms in total. The number of rotatable bonds is 7. The number of aliphatic hydroxyl groups excluding tert-OH is 2. The molecule has 1 aliphatic heterocycles. The SMILES string of the molecule is O[C@H](/C=C/[C@@H]1[C@H]2c3cccc(CCc4nn[nH]n4)c3O[C@H]2C[C@H]1O)CC1CCCCC1. The molecule has 0 bridgehead atoms. The Bertz CT molecular complexity index is 894. The van der Waals surface area contributed by atoms with Gasteiger partial charge in [0.15, 0.2) is 5.82 Å². The van der Waals surface area contributed by atoms with E-state index < -0.39 is 12.2 Å². The molecular weight excluding hydrogens is 392 g/mol. The molecule has 5 rings (SSSR count). The third kappa shape index (κ3) is 4.39. The topological polar surface area (TPSA) is 104 Å². The van der Waals surface area contributed by atoms with E-state index in [1.54, 1.807) is 0 Å². The van der Waals surface area contributed by atoms with E-state index in [-0.39, 0.29) is 17.9 Å². The summed E-state index contributed by atoms with van der Waals surface area (Å²) in [6.45, 7) is 0. The summed E-state index contributed by atoms with van der Waals surface area (Å²) in [6.07, 6.45) is 12.4. The number of aliphatic hydroxyl groups is 2. The number of para-hydroxylation sites is 1. The van der Waals surface area contributed by atoms with Gasteiger partial charge in [-0.2, -0.15) is 5.21 Å². The van der Waals surface area contributed by atoms with E-state index in [4.69, 9.17) is 4.74 Å². The van der Waals surface area contributed by atoms with Crippen molar-refractivity contribution in [1.82, 2.24) is 20.6 Å². The summed E-state index contributed by atoms with van der Waals surface area (Å²) >= 11 is 0. The highest BCUT2D eigenvalue weighted by Gasteiger charge is 2.48. The number of aryl methyl sites for hydroxylation is 2. The van der Waals surface area contributed by atoms with E-state index in [1.807, 2.05) is 12.2 Å². The lowest BCUT2D eigenvalue weighted by Gasteiger charge is -2.23. The third-order valence-corrected chi connectivity index (χ3v) is 7.35. The monoisotopic (exact) mass is 424 g/mol. The first kappa shape index (κ1) is 20.6. The molecule has 0 saturated heterocycles. The van der Waals surface area contributed by atoms with Crippen LogP contribution in [0.4, 0.5) is 0 Å². The van der Waals surface area contributed by atoms with Gasteiger partial charge in [-0.1, -0.05) is 67.7 Å². The number of benzene rings is 1. The summed E-state index contributed by atoms with van der Waals surface area (Å²) in [5.41, 5.74) is 2.31. The molecule has 1 aromatic carbocycles. The normalized spacial score (nSPS) is 29.1. The number of ether oxygens (including phenoxy) is 1. The highest BCUT2D eigenvalue weighted by Crippen LogP contribution is 2.52. The van der Waals surface area contributed by atoms with Crippen molar-refractivity contribution in [2.45, 2.75) is 82.0 Å². The minimum absolute atomic E-state index is 0.0125. The van der Waals surface area contributed by atoms with Crippen molar-refractivity contribution in [3.05, 3.63) is 47.3 Å². The largest absolute Gasteiger partial charge is 0.489 e. The second kappa shape index (κ2) is 9.09. The molecule has 2 heterocycles. The number of nitrogens with zero attached hydrogens (tertiary/aromatic N) is 3. The Morgan fingerprint density at radius 2 is 2.06 bits per heavy atom. The van der Waals surface area contributed by atoms with Crippen LogP contribution in [0.15, 0.2) is 30.4 Å². The zero-order chi connectivity index (χ0) is 21.2. The zero-order valence-corrected chi connectivity index (χ0v) is 17.9. The minimum Gasteiger partial charge on any atom is -0.489 e. The van der Waals surface area contributed by atoms with E-state index in [1.165, 1.54) is 37.7 Å². The Kier molecular flexibility index (Phi) is 6.05. The van der Waals surface area contributed by atoms with Crippen LogP contribution in [0.5, 0.6) is 5.75 Å². The van der Waals surface area contributed by atoms with Gasteiger partial charge in [-0.25, -0.2) is 0 Å². The molecule has 2 aliphatic carbocycles. The van der Waals surface area contributed by atoms with Gasteiger partial charge >= 0.3 is 0 Å². The summed E-state index contributed by atoms with van der Waals surface area (Å²) in [5.74, 6) is 2.38. The quantitative estimate of drug-likeness (QED) is 0.590. The van der Waals surface area contributed by atoms with Crippen molar-refractivity contribution < 1.29 is 14.9 Å². The Morgan fingerprint density at radius 1 is 1.19 bits per heavy atom. The average molecular weight is 425 g/mol. The highest BCUT2D eigenvalue weighted by molar-refractivity contribution is 5.49. The van der Waals surface area contributed by atoms with Crippen molar-refractivity contribution in [3.63, 3.8) is 0 Å². The molecule has 3 N–H and O–H groups in total. The van der Waals surface area contributed by atoms with E-state index in [9.17, 15) is 10.2 Å². The minimum atomic E-state index is -0.440. The zero-order valence-electron chi connectivity index (χ0n) is 17.9. The Morgan fingerprint density at radius 3 is 2.87 bits per heavy atom. The van der Waals surface area contributed by atoms with Crippen LogP contribution < -0.4 is 4.74 Å². The molecule has 2 fully saturated rings. The fourth-order valence-corrected chi connectivity index (χ4v) is 5.80. The molecule has 0 amide bonds. The summed E-state index contributed by atoms with van der Waals surface area (Å²) in [6, 6.07) is 6.28. The van der Waals surface area contributed by atoms with Crippen molar-refractivity contribution in [1.29, 1.82) is 0 Å². The fourth-order valence-electron chi connectivity index (χ4n) is 5.80. The number of nitrogens with one attached hydrogen (secondary N) is 1. The number of tetrazole rings is 1. The van der Waals surface area contributed by atoms with Gasteiger partial charge in [-0.3, -0.25) is 0 Å². The maximum absolute atomic E-state index is 10.7. The number of aromatic nitrogens is 4. The molecule has 3 aliphatic rings. The van der Waals surface area contributed by atoms with Gasteiger partial charge in [0.2, 0.25) is 0 Å². The van der Waals surface area contributed by atoms with Gasteiger partial charge in [-0.05, 0) is 24.3 Å². The summed E-state index contributed by atoms with van der Waals surface area (Å²) in [4.78, 5) is 0. The van der Waals surface area contributed by atoms with Crippen LogP contribution in [0, 0.1) is 11.8 Å². The maximum atomic E-state index is 10.7. The van der Waals surface area contributed by atoms with Crippen LogP contribution in [0.2, 0.25) is 0 Å². The smallest absolute Gasteiger partial charge is 0.174 e. The number of H-pyrrole nitrogens is 1. The lowest BCUT2D eigenvalue weighted by molar-refractivity contribution is 0.134.